The smallest absolute Gasteiger partial charge is 0.00103 e. The van der Waals surface area contributed by atoms with Crippen LogP contribution in [0.25, 0.3) is 0 Å². The van der Waals surface area contributed by atoms with E-state index >= 15 is 0 Å². The molecule has 1 unspecified atom stereocenters. The molecule has 0 saturated carbocycles. The first kappa shape index (κ1) is 13.7. The maximum atomic E-state index is 4.15. The fraction of sp³-hybridized carbons (Fsp3) is 0.846. The molecule has 0 saturated heterocycles. The van der Waals surface area contributed by atoms with Crippen molar-refractivity contribution in [2.75, 3.05) is 6.54 Å². The molecular weight excluding hydrogens is 170 g/mol. The highest BCUT2D eigenvalue weighted by molar-refractivity contribution is 5.01. The Morgan fingerprint density at radius 3 is 2.14 bits per heavy atom. The van der Waals surface area contributed by atoms with E-state index in [1.54, 1.807) is 0 Å². The molecule has 84 valence electrons. The van der Waals surface area contributed by atoms with Gasteiger partial charge in [-0.15, -0.1) is 0 Å². The van der Waals surface area contributed by atoms with Gasteiger partial charge in [0.05, 0.1) is 0 Å². The zero-order chi connectivity index (χ0) is 11.1. The average Bonchev–Trinajstić information content (AvgIpc) is 2.10. The number of rotatable bonds is 7. The van der Waals surface area contributed by atoms with Crippen LogP contribution in [0.3, 0.4) is 0 Å². The number of nitrogens with one attached hydrogen (secondary N) is 1. The summed E-state index contributed by atoms with van der Waals surface area (Å²) >= 11 is 0. The van der Waals surface area contributed by atoms with Gasteiger partial charge in [0.1, 0.15) is 0 Å². The minimum Gasteiger partial charge on any atom is -0.315 e. The Bertz CT molecular complexity index is 159. The largest absolute Gasteiger partial charge is 0.315 e. The van der Waals surface area contributed by atoms with E-state index in [4.69, 9.17) is 0 Å². The van der Waals surface area contributed by atoms with E-state index in [1.165, 1.54) is 18.4 Å². The average molecular weight is 197 g/mol. The number of hydrogen-bond acceptors (Lipinski definition) is 1. The zero-order valence-electron chi connectivity index (χ0n) is 10.6. The summed E-state index contributed by atoms with van der Waals surface area (Å²) in [6, 6.07) is 0.610. The highest BCUT2D eigenvalue weighted by atomic mass is 14.9. The van der Waals surface area contributed by atoms with Gasteiger partial charge in [-0.25, -0.2) is 0 Å². The van der Waals surface area contributed by atoms with Gasteiger partial charge in [0.25, 0.3) is 0 Å². The molecule has 1 nitrogen and oxygen atoms in total. The Morgan fingerprint density at radius 1 is 1.14 bits per heavy atom. The van der Waals surface area contributed by atoms with Gasteiger partial charge in [0.15, 0.2) is 0 Å². The molecule has 0 aliphatic carbocycles. The first-order valence-electron chi connectivity index (χ1n) is 5.87. The molecule has 0 rings (SSSR count). The van der Waals surface area contributed by atoms with E-state index in [0.717, 1.165) is 6.54 Å². The second-order valence-corrected chi connectivity index (χ2v) is 4.88. The zero-order valence-corrected chi connectivity index (χ0v) is 10.6. The van der Waals surface area contributed by atoms with Crippen molar-refractivity contribution in [1.29, 1.82) is 0 Å². The van der Waals surface area contributed by atoms with E-state index in [9.17, 15) is 0 Å². The van der Waals surface area contributed by atoms with Crippen molar-refractivity contribution in [3.63, 3.8) is 0 Å². The third-order valence-electron chi connectivity index (χ3n) is 2.74. The van der Waals surface area contributed by atoms with E-state index in [2.05, 4.69) is 46.5 Å². The van der Waals surface area contributed by atoms with Crippen LogP contribution < -0.4 is 5.32 Å². The Kier molecular flexibility index (Phi) is 6.90. The van der Waals surface area contributed by atoms with Crippen LogP contribution in [-0.2, 0) is 0 Å². The van der Waals surface area contributed by atoms with Crippen molar-refractivity contribution >= 4 is 0 Å². The van der Waals surface area contributed by atoms with Crippen LogP contribution in [0.4, 0.5) is 0 Å². The van der Waals surface area contributed by atoms with Gasteiger partial charge in [-0.3, -0.25) is 0 Å². The molecule has 0 aromatic carbocycles. The summed E-state index contributed by atoms with van der Waals surface area (Å²) in [6.07, 6.45) is 2.52. The van der Waals surface area contributed by atoms with Crippen LogP contribution in [0, 0.1) is 11.8 Å². The Balaban J connectivity index is 3.54. The Hall–Kier alpha value is -0.300. The van der Waals surface area contributed by atoms with Gasteiger partial charge in [0.2, 0.25) is 0 Å². The van der Waals surface area contributed by atoms with Gasteiger partial charge in [-0.05, 0) is 31.2 Å². The summed E-state index contributed by atoms with van der Waals surface area (Å²) in [4.78, 5) is 0. The van der Waals surface area contributed by atoms with Crippen LogP contribution in [0.5, 0.6) is 0 Å². The molecule has 0 aliphatic heterocycles. The highest BCUT2D eigenvalue weighted by Gasteiger charge is 2.09. The third kappa shape index (κ3) is 6.20. The topological polar surface area (TPSA) is 12.0 Å². The molecule has 0 heterocycles. The predicted octanol–water partition coefficient (Wildman–Crippen LogP) is 3.61. The van der Waals surface area contributed by atoms with Crippen molar-refractivity contribution < 1.29 is 0 Å². The molecule has 14 heavy (non-hydrogen) atoms. The fourth-order valence-corrected chi connectivity index (χ4v) is 1.55. The van der Waals surface area contributed by atoms with E-state index in [0.29, 0.717) is 17.9 Å². The molecule has 1 N–H and O–H groups in total. The summed E-state index contributed by atoms with van der Waals surface area (Å²) in [6.45, 7) is 16.4. The van der Waals surface area contributed by atoms with Gasteiger partial charge < -0.3 is 5.32 Å². The van der Waals surface area contributed by atoms with Crippen molar-refractivity contribution in [2.24, 2.45) is 11.8 Å². The first-order chi connectivity index (χ1) is 6.45. The Morgan fingerprint density at radius 2 is 1.71 bits per heavy atom. The van der Waals surface area contributed by atoms with Crippen molar-refractivity contribution in [2.45, 2.75) is 53.5 Å². The van der Waals surface area contributed by atoms with Crippen LogP contribution >= 0.6 is 0 Å². The Labute approximate surface area is 90.0 Å². The van der Waals surface area contributed by atoms with Crippen molar-refractivity contribution in [3.8, 4) is 0 Å². The summed E-state index contributed by atoms with van der Waals surface area (Å²) in [5, 5.41) is 3.44. The monoisotopic (exact) mass is 197 g/mol. The van der Waals surface area contributed by atoms with Gasteiger partial charge >= 0.3 is 0 Å². The van der Waals surface area contributed by atoms with E-state index in [-0.39, 0.29) is 0 Å². The predicted molar refractivity (Wildman–Crippen MR) is 65.5 cm³/mol. The number of allylic oxidation sites excluding steroid dienone is 1. The summed E-state index contributed by atoms with van der Waals surface area (Å²) in [7, 11) is 0. The molecule has 0 bridgehead atoms. The molecule has 1 atom stereocenters. The van der Waals surface area contributed by atoms with Gasteiger partial charge in [-0.1, -0.05) is 46.8 Å². The summed E-state index contributed by atoms with van der Waals surface area (Å²) in [5.41, 5.74) is 1.40. The molecule has 0 fully saturated rings. The maximum Gasteiger partial charge on any atom is 0.00103 e. The highest BCUT2D eigenvalue weighted by Crippen LogP contribution is 2.21. The first-order valence-corrected chi connectivity index (χ1v) is 5.87. The molecule has 0 aliphatic rings. The maximum absolute atomic E-state index is 4.15. The molecule has 1 heteroatoms. The minimum atomic E-state index is 0.610. The molecule has 0 aromatic heterocycles. The lowest BCUT2D eigenvalue weighted by atomic mass is 9.89. The fourth-order valence-electron chi connectivity index (χ4n) is 1.55. The quantitative estimate of drug-likeness (QED) is 0.485. The molecule has 0 radical (unpaired) electrons. The van der Waals surface area contributed by atoms with Gasteiger partial charge in [0, 0.05) is 6.04 Å². The molecular formula is C13H27N. The molecule has 0 aromatic rings. The SMILES string of the molecule is C=C(C(C)C)C(C)CCCNC(C)C. The molecule has 0 spiro atoms. The summed E-state index contributed by atoms with van der Waals surface area (Å²) in [5.74, 6) is 1.30. The van der Waals surface area contributed by atoms with Crippen molar-refractivity contribution in [1.82, 2.24) is 5.32 Å². The van der Waals surface area contributed by atoms with Crippen LogP contribution in [0.1, 0.15) is 47.5 Å². The van der Waals surface area contributed by atoms with Gasteiger partial charge in [-0.2, -0.15) is 0 Å². The normalized spacial score (nSPS) is 13.6. The minimum absolute atomic E-state index is 0.610. The van der Waals surface area contributed by atoms with Crippen LogP contribution in [0.2, 0.25) is 0 Å². The second kappa shape index (κ2) is 7.05. The van der Waals surface area contributed by atoms with E-state index in [1.807, 2.05) is 0 Å². The third-order valence-corrected chi connectivity index (χ3v) is 2.74. The lowest BCUT2D eigenvalue weighted by Crippen LogP contribution is -2.24. The standard InChI is InChI=1S/C13H27N/c1-10(2)13(6)12(5)8-7-9-14-11(3)4/h10-12,14H,6-9H2,1-5H3. The van der Waals surface area contributed by atoms with Crippen LogP contribution in [0.15, 0.2) is 12.2 Å². The number of hydrogen-bond donors (Lipinski definition) is 1. The second-order valence-electron chi connectivity index (χ2n) is 4.88. The van der Waals surface area contributed by atoms with E-state index < -0.39 is 0 Å². The van der Waals surface area contributed by atoms with Crippen LogP contribution in [-0.4, -0.2) is 12.6 Å². The van der Waals surface area contributed by atoms with Crippen molar-refractivity contribution in [3.05, 3.63) is 12.2 Å². The molecule has 0 amide bonds. The lowest BCUT2D eigenvalue weighted by molar-refractivity contribution is 0.492. The lowest BCUT2D eigenvalue weighted by Gasteiger charge is -2.18. The summed E-state index contributed by atoms with van der Waals surface area (Å²) < 4.78 is 0.